The summed E-state index contributed by atoms with van der Waals surface area (Å²) in [5.41, 5.74) is 2.31. The lowest BCUT2D eigenvalue weighted by molar-refractivity contribution is 0.157. The largest absolute Gasteiger partial charge is 0.448 e. The Labute approximate surface area is 138 Å². The average Bonchev–Trinajstić information content (AvgIpc) is 2.95. The van der Waals surface area contributed by atoms with Crippen LogP contribution in [0.25, 0.3) is 0 Å². The third kappa shape index (κ3) is 4.16. The second-order valence-corrected chi connectivity index (χ2v) is 6.78. The smallest absolute Gasteiger partial charge is 0.410 e. The van der Waals surface area contributed by atoms with Crippen LogP contribution in [0.15, 0.2) is 24.3 Å². The number of carbonyl (C=O) groups excluding carboxylic acids is 1. The molecule has 0 atom stereocenters. The lowest BCUT2D eigenvalue weighted by Crippen LogP contribution is -2.42. The zero-order valence-corrected chi connectivity index (χ0v) is 14.1. The molecule has 0 aliphatic carbocycles. The van der Waals surface area contributed by atoms with E-state index in [-0.39, 0.29) is 6.09 Å². The van der Waals surface area contributed by atoms with Crippen LogP contribution in [-0.4, -0.2) is 54.2 Å². The molecule has 3 rings (SSSR count). The van der Waals surface area contributed by atoms with E-state index in [0.29, 0.717) is 31.8 Å². The molecule has 1 aromatic carbocycles. The molecule has 0 saturated carbocycles. The fourth-order valence-electron chi connectivity index (χ4n) is 3.29. The van der Waals surface area contributed by atoms with Gasteiger partial charge in [0.25, 0.3) is 0 Å². The molecule has 0 aromatic heterocycles. The van der Waals surface area contributed by atoms with Gasteiger partial charge in [0.15, 0.2) is 0 Å². The monoisotopic (exact) mass is 317 g/mol. The number of amides is 1. The molecular formula is C18H27N3O2. The molecule has 126 valence electrons. The standard InChI is InChI=1S/C18H27N3O2/c1-14(2)20-9-7-17(8-10-20)19-16-5-3-15(4-6-16)13-21-11-12-23-18(21)22/h3-6,14,17,19H,7-13H2,1-2H3. The number of benzene rings is 1. The van der Waals surface area contributed by atoms with Crippen LogP contribution < -0.4 is 5.32 Å². The highest BCUT2D eigenvalue weighted by Crippen LogP contribution is 2.19. The number of hydrogen-bond acceptors (Lipinski definition) is 4. The van der Waals surface area contributed by atoms with Crippen molar-refractivity contribution in [2.24, 2.45) is 0 Å². The van der Waals surface area contributed by atoms with E-state index in [9.17, 15) is 4.79 Å². The second kappa shape index (κ2) is 7.21. The van der Waals surface area contributed by atoms with Crippen molar-refractivity contribution in [2.45, 2.75) is 45.3 Å². The molecule has 1 N–H and O–H groups in total. The Morgan fingerprint density at radius 3 is 2.43 bits per heavy atom. The summed E-state index contributed by atoms with van der Waals surface area (Å²) < 4.78 is 4.96. The van der Waals surface area contributed by atoms with Crippen molar-refractivity contribution in [1.29, 1.82) is 0 Å². The maximum absolute atomic E-state index is 11.5. The predicted octanol–water partition coefficient (Wildman–Crippen LogP) is 2.92. The van der Waals surface area contributed by atoms with E-state index < -0.39 is 0 Å². The number of carbonyl (C=O) groups is 1. The molecular weight excluding hydrogens is 290 g/mol. The van der Waals surface area contributed by atoms with Crippen LogP contribution in [0, 0.1) is 0 Å². The fourth-order valence-corrected chi connectivity index (χ4v) is 3.29. The molecule has 2 aliphatic rings. The van der Waals surface area contributed by atoms with Gasteiger partial charge in [0.05, 0.1) is 6.54 Å². The molecule has 0 spiro atoms. The summed E-state index contributed by atoms with van der Waals surface area (Å²) in [7, 11) is 0. The zero-order valence-electron chi connectivity index (χ0n) is 14.1. The third-order valence-corrected chi connectivity index (χ3v) is 4.80. The van der Waals surface area contributed by atoms with E-state index in [1.807, 2.05) is 0 Å². The highest BCUT2D eigenvalue weighted by molar-refractivity contribution is 5.69. The molecule has 5 heteroatoms. The lowest BCUT2D eigenvalue weighted by Gasteiger charge is -2.35. The highest BCUT2D eigenvalue weighted by atomic mass is 16.6. The number of nitrogens with zero attached hydrogens (tertiary/aromatic N) is 2. The van der Waals surface area contributed by atoms with E-state index in [1.54, 1.807) is 4.90 Å². The minimum atomic E-state index is -0.205. The third-order valence-electron chi connectivity index (χ3n) is 4.80. The molecule has 2 fully saturated rings. The molecule has 1 amide bonds. The Hall–Kier alpha value is -1.75. The van der Waals surface area contributed by atoms with Crippen molar-refractivity contribution in [3.63, 3.8) is 0 Å². The Kier molecular flexibility index (Phi) is 5.06. The molecule has 1 aromatic rings. The van der Waals surface area contributed by atoms with Gasteiger partial charge in [-0.05, 0) is 44.4 Å². The molecule has 2 aliphatic heterocycles. The number of rotatable bonds is 5. The van der Waals surface area contributed by atoms with Crippen LogP contribution in [0.2, 0.25) is 0 Å². The predicted molar refractivity (Wildman–Crippen MR) is 91.6 cm³/mol. The number of piperidine rings is 1. The zero-order chi connectivity index (χ0) is 16.2. The lowest BCUT2D eigenvalue weighted by atomic mass is 10.0. The Morgan fingerprint density at radius 1 is 1.17 bits per heavy atom. The number of cyclic esters (lactones) is 1. The summed E-state index contributed by atoms with van der Waals surface area (Å²) in [6, 6.07) is 9.63. The van der Waals surface area contributed by atoms with E-state index in [1.165, 1.54) is 31.6 Å². The van der Waals surface area contributed by atoms with Gasteiger partial charge in [-0.25, -0.2) is 4.79 Å². The van der Waals surface area contributed by atoms with Crippen LogP contribution in [0.4, 0.5) is 10.5 Å². The van der Waals surface area contributed by atoms with Gasteiger partial charge >= 0.3 is 6.09 Å². The van der Waals surface area contributed by atoms with Crippen LogP contribution in [-0.2, 0) is 11.3 Å². The normalized spacial score (nSPS) is 20.1. The van der Waals surface area contributed by atoms with E-state index in [2.05, 4.69) is 48.3 Å². The van der Waals surface area contributed by atoms with Crippen molar-refractivity contribution in [3.8, 4) is 0 Å². The average molecular weight is 317 g/mol. The first kappa shape index (κ1) is 16.1. The fraction of sp³-hybridized carbons (Fsp3) is 0.611. The van der Waals surface area contributed by atoms with Crippen molar-refractivity contribution in [2.75, 3.05) is 31.6 Å². The van der Waals surface area contributed by atoms with Crippen molar-refractivity contribution < 1.29 is 9.53 Å². The molecule has 23 heavy (non-hydrogen) atoms. The molecule has 2 saturated heterocycles. The van der Waals surface area contributed by atoms with Gasteiger partial charge in [-0.1, -0.05) is 12.1 Å². The topological polar surface area (TPSA) is 44.8 Å². The SMILES string of the molecule is CC(C)N1CCC(Nc2ccc(CN3CCOC3=O)cc2)CC1. The Balaban J connectivity index is 1.49. The van der Waals surface area contributed by atoms with Gasteiger partial charge in [0.1, 0.15) is 6.61 Å². The van der Waals surface area contributed by atoms with Gasteiger partial charge < -0.3 is 19.9 Å². The van der Waals surface area contributed by atoms with Gasteiger partial charge in [-0.15, -0.1) is 0 Å². The van der Waals surface area contributed by atoms with Crippen LogP contribution >= 0.6 is 0 Å². The van der Waals surface area contributed by atoms with Crippen LogP contribution in [0.5, 0.6) is 0 Å². The second-order valence-electron chi connectivity index (χ2n) is 6.78. The molecule has 2 heterocycles. The first-order chi connectivity index (χ1) is 11.1. The number of ether oxygens (including phenoxy) is 1. The Bertz CT molecular complexity index is 522. The van der Waals surface area contributed by atoms with Gasteiger partial charge in [-0.3, -0.25) is 0 Å². The summed E-state index contributed by atoms with van der Waals surface area (Å²) in [4.78, 5) is 15.7. The maximum Gasteiger partial charge on any atom is 0.410 e. The summed E-state index contributed by atoms with van der Waals surface area (Å²) in [5, 5.41) is 3.64. The first-order valence-corrected chi connectivity index (χ1v) is 8.63. The highest BCUT2D eigenvalue weighted by Gasteiger charge is 2.22. The first-order valence-electron chi connectivity index (χ1n) is 8.63. The molecule has 0 unspecified atom stereocenters. The van der Waals surface area contributed by atoms with Crippen molar-refractivity contribution >= 4 is 11.8 Å². The molecule has 5 nitrogen and oxygen atoms in total. The molecule has 0 radical (unpaired) electrons. The van der Waals surface area contributed by atoms with Gasteiger partial charge in [0, 0.05) is 37.4 Å². The van der Waals surface area contributed by atoms with E-state index in [4.69, 9.17) is 4.74 Å². The van der Waals surface area contributed by atoms with Gasteiger partial charge in [-0.2, -0.15) is 0 Å². The van der Waals surface area contributed by atoms with Crippen LogP contribution in [0.3, 0.4) is 0 Å². The van der Waals surface area contributed by atoms with Crippen molar-refractivity contribution in [1.82, 2.24) is 9.80 Å². The van der Waals surface area contributed by atoms with E-state index in [0.717, 1.165) is 5.56 Å². The number of likely N-dealkylation sites (tertiary alicyclic amines) is 1. The maximum atomic E-state index is 11.5. The summed E-state index contributed by atoms with van der Waals surface area (Å²) >= 11 is 0. The summed E-state index contributed by atoms with van der Waals surface area (Å²) in [6.45, 7) is 8.70. The number of nitrogens with one attached hydrogen (secondary N) is 1. The minimum Gasteiger partial charge on any atom is -0.448 e. The molecule has 0 bridgehead atoms. The van der Waals surface area contributed by atoms with E-state index >= 15 is 0 Å². The number of hydrogen-bond donors (Lipinski definition) is 1. The summed E-state index contributed by atoms with van der Waals surface area (Å²) in [6.07, 6.45) is 2.18. The quantitative estimate of drug-likeness (QED) is 0.907. The summed E-state index contributed by atoms with van der Waals surface area (Å²) in [5.74, 6) is 0. The number of anilines is 1. The van der Waals surface area contributed by atoms with Gasteiger partial charge in [0.2, 0.25) is 0 Å². The Morgan fingerprint density at radius 2 is 1.87 bits per heavy atom. The minimum absolute atomic E-state index is 0.205. The van der Waals surface area contributed by atoms with Crippen molar-refractivity contribution in [3.05, 3.63) is 29.8 Å². The van der Waals surface area contributed by atoms with Crippen LogP contribution in [0.1, 0.15) is 32.3 Å².